The minimum Gasteiger partial charge on any atom is -0.494 e. The molecule has 1 N–H and O–H groups in total. The lowest BCUT2D eigenvalue weighted by atomic mass is 10.0. The van der Waals surface area contributed by atoms with E-state index < -0.39 is 0 Å². The van der Waals surface area contributed by atoms with Crippen LogP contribution in [-0.4, -0.2) is 32.7 Å². The summed E-state index contributed by atoms with van der Waals surface area (Å²) in [7, 11) is 0. The molecule has 4 rings (SSSR count). The zero-order valence-electron chi connectivity index (χ0n) is 16.1. The van der Waals surface area contributed by atoms with Crippen molar-refractivity contribution in [2.75, 3.05) is 6.61 Å². The molecule has 1 aromatic heterocycles. The minimum atomic E-state index is -0.0809. The second kappa shape index (κ2) is 8.52. The first-order valence-corrected chi connectivity index (χ1v) is 9.48. The van der Waals surface area contributed by atoms with Crippen LogP contribution in [0.4, 0.5) is 0 Å². The monoisotopic (exact) mass is 387 g/mol. The molecule has 0 atom stereocenters. The van der Waals surface area contributed by atoms with Crippen LogP contribution in [0.1, 0.15) is 18.3 Å². The molecule has 0 saturated heterocycles. The average molecular weight is 387 g/mol. The van der Waals surface area contributed by atoms with E-state index in [1.54, 1.807) is 4.68 Å². The fraction of sp³-hybridized carbons (Fsp3) is 0.182. The van der Waals surface area contributed by atoms with Gasteiger partial charge in [-0.1, -0.05) is 42.5 Å². The van der Waals surface area contributed by atoms with Gasteiger partial charge in [0.2, 0.25) is 5.91 Å². The van der Waals surface area contributed by atoms with E-state index in [0.717, 1.165) is 27.8 Å². The summed E-state index contributed by atoms with van der Waals surface area (Å²) in [6.07, 6.45) is 0.298. The summed E-state index contributed by atoms with van der Waals surface area (Å²) in [6.45, 7) is 2.79. The van der Waals surface area contributed by atoms with Crippen molar-refractivity contribution in [3.8, 4) is 11.4 Å². The molecule has 0 fully saturated rings. The highest BCUT2D eigenvalue weighted by Crippen LogP contribution is 2.19. The number of rotatable bonds is 7. The number of hydrogen-bond donors (Lipinski definition) is 1. The molecule has 7 nitrogen and oxygen atoms in total. The third kappa shape index (κ3) is 4.24. The Morgan fingerprint density at radius 1 is 1.03 bits per heavy atom. The SMILES string of the molecule is CCOc1ccc(-n2nnnc2CNC(=O)Cc2cccc3ccccc23)cc1. The van der Waals surface area contributed by atoms with Crippen LogP contribution >= 0.6 is 0 Å². The largest absolute Gasteiger partial charge is 0.494 e. The summed E-state index contributed by atoms with van der Waals surface area (Å²) >= 11 is 0. The topological polar surface area (TPSA) is 81.9 Å². The molecular weight excluding hydrogens is 366 g/mol. The van der Waals surface area contributed by atoms with E-state index in [1.807, 2.05) is 73.7 Å². The highest BCUT2D eigenvalue weighted by atomic mass is 16.5. The molecule has 0 saturated carbocycles. The van der Waals surface area contributed by atoms with Crippen LogP contribution in [-0.2, 0) is 17.8 Å². The third-order valence-electron chi connectivity index (χ3n) is 4.60. The van der Waals surface area contributed by atoms with Crippen LogP contribution in [0.2, 0.25) is 0 Å². The summed E-state index contributed by atoms with van der Waals surface area (Å²) in [6, 6.07) is 21.5. The van der Waals surface area contributed by atoms with Crippen LogP contribution in [0.5, 0.6) is 5.75 Å². The normalized spacial score (nSPS) is 10.8. The average Bonchev–Trinajstić information content (AvgIpc) is 3.22. The quantitative estimate of drug-likeness (QED) is 0.527. The van der Waals surface area contributed by atoms with Gasteiger partial charge in [0.25, 0.3) is 0 Å². The predicted octanol–water partition coefficient (Wildman–Crippen LogP) is 3.07. The maximum Gasteiger partial charge on any atom is 0.224 e. The van der Waals surface area contributed by atoms with Crippen LogP contribution in [0.3, 0.4) is 0 Å². The summed E-state index contributed by atoms with van der Waals surface area (Å²) in [5.74, 6) is 1.26. The lowest BCUT2D eigenvalue weighted by molar-refractivity contribution is -0.120. The van der Waals surface area contributed by atoms with Gasteiger partial charge in [-0.05, 0) is 58.0 Å². The van der Waals surface area contributed by atoms with Crippen molar-refractivity contribution in [2.45, 2.75) is 19.9 Å². The van der Waals surface area contributed by atoms with Gasteiger partial charge in [0.1, 0.15) is 5.75 Å². The summed E-state index contributed by atoms with van der Waals surface area (Å²) in [5.41, 5.74) is 1.79. The number of carbonyl (C=O) groups excluding carboxylic acids is 1. The Bertz CT molecular complexity index is 1120. The van der Waals surface area contributed by atoms with Crippen LogP contribution in [0.25, 0.3) is 16.5 Å². The maximum atomic E-state index is 12.5. The lowest BCUT2D eigenvalue weighted by Crippen LogP contribution is -2.26. The molecule has 0 aliphatic heterocycles. The molecule has 4 aromatic rings. The van der Waals surface area contributed by atoms with Crippen LogP contribution < -0.4 is 10.1 Å². The highest BCUT2D eigenvalue weighted by molar-refractivity contribution is 5.90. The number of aromatic nitrogens is 4. The van der Waals surface area contributed by atoms with Gasteiger partial charge in [0.15, 0.2) is 5.82 Å². The molecule has 1 amide bonds. The molecule has 0 unspecified atom stereocenters. The maximum absolute atomic E-state index is 12.5. The number of ether oxygens (including phenoxy) is 1. The second-order valence-electron chi connectivity index (χ2n) is 6.53. The Balaban J connectivity index is 1.43. The van der Waals surface area contributed by atoms with E-state index in [1.165, 1.54) is 0 Å². The van der Waals surface area contributed by atoms with Gasteiger partial charge in [-0.3, -0.25) is 4.79 Å². The van der Waals surface area contributed by atoms with Crippen molar-refractivity contribution in [3.63, 3.8) is 0 Å². The Hall–Kier alpha value is -3.74. The van der Waals surface area contributed by atoms with Crippen LogP contribution in [0, 0.1) is 0 Å². The number of fused-ring (bicyclic) bond motifs is 1. The molecule has 0 radical (unpaired) electrons. The van der Waals surface area contributed by atoms with Gasteiger partial charge < -0.3 is 10.1 Å². The van der Waals surface area contributed by atoms with Crippen LogP contribution in [0.15, 0.2) is 66.7 Å². The van der Waals surface area contributed by atoms with Gasteiger partial charge in [0, 0.05) is 0 Å². The zero-order valence-corrected chi connectivity index (χ0v) is 16.1. The first-order valence-electron chi connectivity index (χ1n) is 9.48. The Morgan fingerprint density at radius 2 is 1.83 bits per heavy atom. The summed E-state index contributed by atoms with van der Waals surface area (Å²) in [5, 5.41) is 16.9. The van der Waals surface area contributed by atoms with Crippen molar-refractivity contribution in [2.24, 2.45) is 0 Å². The zero-order chi connectivity index (χ0) is 20.1. The van der Waals surface area contributed by atoms with Crippen molar-refractivity contribution >= 4 is 16.7 Å². The minimum absolute atomic E-state index is 0.0809. The molecule has 1 heterocycles. The number of amides is 1. The van der Waals surface area contributed by atoms with E-state index in [4.69, 9.17) is 4.74 Å². The molecule has 0 bridgehead atoms. The number of carbonyl (C=O) groups is 1. The molecule has 0 spiro atoms. The van der Waals surface area contributed by atoms with E-state index in [-0.39, 0.29) is 12.5 Å². The molecule has 29 heavy (non-hydrogen) atoms. The fourth-order valence-electron chi connectivity index (χ4n) is 3.23. The standard InChI is InChI=1S/C22H21N5O2/c1-2-29-19-12-10-18(11-13-19)27-21(24-25-26-27)15-23-22(28)14-17-8-5-7-16-6-3-4-9-20(16)17/h3-13H,2,14-15H2,1H3,(H,23,28). The number of nitrogens with zero attached hydrogens (tertiary/aromatic N) is 4. The van der Waals surface area contributed by atoms with E-state index in [2.05, 4.69) is 20.8 Å². The summed E-state index contributed by atoms with van der Waals surface area (Å²) in [4.78, 5) is 12.5. The van der Waals surface area contributed by atoms with Gasteiger partial charge in [-0.15, -0.1) is 5.10 Å². The molecule has 146 valence electrons. The van der Waals surface area contributed by atoms with Crippen molar-refractivity contribution in [1.82, 2.24) is 25.5 Å². The number of benzene rings is 3. The van der Waals surface area contributed by atoms with Crippen molar-refractivity contribution in [3.05, 3.63) is 78.1 Å². The van der Waals surface area contributed by atoms with Gasteiger partial charge in [-0.2, -0.15) is 4.68 Å². The summed E-state index contributed by atoms with van der Waals surface area (Å²) < 4.78 is 7.06. The molecule has 3 aromatic carbocycles. The molecule has 7 heteroatoms. The van der Waals surface area contributed by atoms with Crippen molar-refractivity contribution in [1.29, 1.82) is 0 Å². The Morgan fingerprint density at radius 3 is 2.66 bits per heavy atom. The predicted molar refractivity (Wildman–Crippen MR) is 110 cm³/mol. The molecule has 0 aliphatic rings. The molecular formula is C22H21N5O2. The van der Waals surface area contributed by atoms with Gasteiger partial charge in [0.05, 0.1) is 25.3 Å². The number of nitrogens with one attached hydrogen (secondary N) is 1. The van der Waals surface area contributed by atoms with Crippen molar-refractivity contribution < 1.29 is 9.53 Å². The first-order chi connectivity index (χ1) is 14.2. The second-order valence-corrected chi connectivity index (χ2v) is 6.53. The first kappa shape index (κ1) is 18.6. The fourth-order valence-corrected chi connectivity index (χ4v) is 3.23. The Labute approximate surface area is 168 Å². The highest BCUT2D eigenvalue weighted by Gasteiger charge is 2.11. The van der Waals surface area contributed by atoms with E-state index >= 15 is 0 Å². The third-order valence-corrected chi connectivity index (χ3v) is 4.60. The van der Waals surface area contributed by atoms with Gasteiger partial charge in [-0.25, -0.2) is 0 Å². The molecule has 0 aliphatic carbocycles. The lowest BCUT2D eigenvalue weighted by Gasteiger charge is -2.09. The smallest absolute Gasteiger partial charge is 0.224 e. The number of tetrazole rings is 1. The number of hydrogen-bond acceptors (Lipinski definition) is 5. The Kier molecular flexibility index (Phi) is 5.47. The van der Waals surface area contributed by atoms with E-state index in [0.29, 0.717) is 18.9 Å². The van der Waals surface area contributed by atoms with Gasteiger partial charge >= 0.3 is 0 Å². The van der Waals surface area contributed by atoms with E-state index in [9.17, 15) is 4.79 Å².